The van der Waals surface area contributed by atoms with Crippen LogP contribution in [0.5, 0.6) is 0 Å². The first kappa shape index (κ1) is 70.3. The maximum absolute atomic E-state index is 15.7. The molecule has 0 bridgehead atoms. The molecule has 1 aromatic carbocycles. The number of benzene rings is 1. The second kappa shape index (κ2) is 30.7. The SMILES string of the molecule is CC(C)C[C@@H](C(=O)O[C@H](C)C(=O)N(C)[C@@H](CC(C)(C)F)C(=O)O[C@H](CC1=CCOCC1)C(=O)OCc1ccccc1)N(C)C(=O)[C@@H](CCC1CCOCC1)OC(=O)[C@H](CC(C)(C)F)N(C)C(=O)[C@@H](C)OC(=O)C1(N(C)C(=O)OC(C)(C)C)CC1. The number of ether oxygens (including phenoxy) is 8. The zero-order chi connectivity index (χ0) is 63.1. The van der Waals surface area contributed by atoms with Crippen LogP contribution >= 0.6 is 0 Å². The van der Waals surface area contributed by atoms with Crippen molar-refractivity contribution in [2.75, 3.05) is 54.6 Å². The Morgan fingerprint density at radius 1 is 0.643 bits per heavy atom. The maximum Gasteiger partial charge on any atom is 0.410 e. The van der Waals surface area contributed by atoms with E-state index in [0.29, 0.717) is 51.1 Å². The van der Waals surface area contributed by atoms with Crippen molar-refractivity contribution >= 4 is 53.7 Å². The summed E-state index contributed by atoms with van der Waals surface area (Å²) in [4.78, 5) is 130. The number of likely N-dealkylation sites (N-methyl/N-ethyl adjacent to an activating group) is 4. The number of amides is 4. The second-order valence-corrected chi connectivity index (χ2v) is 25.0. The van der Waals surface area contributed by atoms with Crippen LogP contribution in [0.25, 0.3) is 0 Å². The Hall–Kier alpha value is -6.23. The molecule has 0 unspecified atom stereocenters. The van der Waals surface area contributed by atoms with Crippen molar-refractivity contribution in [2.24, 2.45) is 11.8 Å². The van der Waals surface area contributed by atoms with Crippen LogP contribution < -0.4 is 0 Å². The molecular formula is C61H92F2N4O17. The summed E-state index contributed by atoms with van der Waals surface area (Å²) in [6.07, 6.45) is -4.03. The van der Waals surface area contributed by atoms with Gasteiger partial charge in [-0.2, -0.15) is 0 Å². The molecule has 21 nitrogen and oxygen atoms in total. The van der Waals surface area contributed by atoms with E-state index in [9.17, 15) is 43.2 Å². The number of carbonyl (C=O) groups is 9. The molecule has 2 heterocycles. The van der Waals surface area contributed by atoms with Crippen molar-refractivity contribution in [1.82, 2.24) is 19.6 Å². The predicted octanol–water partition coefficient (Wildman–Crippen LogP) is 7.56. The quantitative estimate of drug-likeness (QED) is 0.0427. The standard InChI is InChI=1S/C61H92F2N4O17/c1-38(2)33-44(52(71)80-39(3)49(68)65(13)46(36-60(10,11)63)54(73)83-48(34-42-25-31-78-32-26-42)55(74)79-37-43-19-17-16-18-20-43)64(12)51(70)47(22-21-41-23-29-77-30-24-41)82-53(72)45(35-59(8,9)62)66(14)50(69)40(4)81-56(75)61(27-28-61)67(15)57(76)84-58(5,6)7/h16-20,25,38-41,44-48H,21-24,26-37H2,1-15H3/t39-,40-,44+,45+,46+,47-,48-/m1/s1. The average molecular weight is 1190 g/mol. The van der Waals surface area contributed by atoms with Crippen LogP contribution in [0, 0.1) is 11.8 Å². The summed E-state index contributed by atoms with van der Waals surface area (Å²) in [6, 6.07) is 4.13. The zero-order valence-electron chi connectivity index (χ0n) is 52.0. The van der Waals surface area contributed by atoms with Gasteiger partial charge in [-0.1, -0.05) is 55.8 Å². The molecule has 0 radical (unpaired) electrons. The van der Waals surface area contributed by atoms with Crippen LogP contribution in [-0.2, 0) is 82.9 Å². The molecule has 3 aliphatic rings. The van der Waals surface area contributed by atoms with E-state index in [-0.39, 0.29) is 57.2 Å². The highest BCUT2D eigenvalue weighted by molar-refractivity contribution is 5.94. The third-order valence-corrected chi connectivity index (χ3v) is 15.0. The molecule has 0 aromatic heterocycles. The van der Waals surface area contributed by atoms with Gasteiger partial charge in [0.05, 0.1) is 13.2 Å². The lowest BCUT2D eigenvalue weighted by atomic mass is 9.93. The Kier molecular flexibility index (Phi) is 25.7. The number of alkyl halides is 2. The van der Waals surface area contributed by atoms with Gasteiger partial charge in [0.1, 0.15) is 47.2 Å². The summed E-state index contributed by atoms with van der Waals surface area (Å²) in [5.74, 6) is -8.01. The topological polar surface area (TPSA) is 240 Å². The molecule has 4 amide bonds. The molecule has 1 saturated heterocycles. The fourth-order valence-corrected chi connectivity index (χ4v) is 9.80. The van der Waals surface area contributed by atoms with E-state index in [2.05, 4.69) is 0 Å². The molecule has 7 atom stereocenters. The van der Waals surface area contributed by atoms with Gasteiger partial charge in [-0.3, -0.25) is 19.3 Å². The van der Waals surface area contributed by atoms with E-state index in [1.807, 2.05) is 0 Å². The molecular weight excluding hydrogens is 1100 g/mol. The Morgan fingerprint density at radius 3 is 1.64 bits per heavy atom. The highest BCUT2D eigenvalue weighted by Gasteiger charge is 2.58. The molecule has 0 spiro atoms. The first-order valence-corrected chi connectivity index (χ1v) is 29.0. The molecule has 1 aliphatic carbocycles. The third-order valence-electron chi connectivity index (χ3n) is 15.0. The van der Waals surface area contributed by atoms with Crippen LogP contribution in [0.15, 0.2) is 42.0 Å². The van der Waals surface area contributed by atoms with E-state index >= 15 is 8.78 Å². The van der Waals surface area contributed by atoms with Gasteiger partial charge in [-0.25, -0.2) is 37.5 Å². The molecule has 0 N–H and O–H groups in total. The van der Waals surface area contributed by atoms with Crippen molar-refractivity contribution < 1.29 is 89.8 Å². The number of nitrogens with zero attached hydrogens (tertiary/aromatic N) is 4. The molecule has 2 aliphatic heterocycles. The van der Waals surface area contributed by atoms with Gasteiger partial charge < -0.3 is 52.6 Å². The van der Waals surface area contributed by atoms with Gasteiger partial charge in [0.25, 0.3) is 17.7 Å². The van der Waals surface area contributed by atoms with Gasteiger partial charge in [0, 0.05) is 60.7 Å². The van der Waals surface area contributed by atoms with Gasteiger partial charge in [0.15, 0.2) is 18.3 Å². The number of rotatable bonds is 29. The molecule has 2 fully saturated rings. The molecule has 472 valence electrons. The van der Waals surface area contributed by atoms with E-state index in [1.54, 1.807) is 71.0 Å². The predicted molar refractivity (Wildman–Crippen MR) is 303 cm³/mol. The summed E-state index contributed by atoms with van der Waals surface area (Å²) in [5, 5.41) is 0. The minimum Gasteiger partial charge on any atom is -0.458 e. The van der Waals surface area contributed by atoms with Gasteiger partial charge in [0.2, 0.25) is 6.10 Å². The van der Waals surface area contributed by atoms with Gasteiger partial charge in [-0.05, 0) is 131 Å². The average Bonchev–Trinajstić information content (AvgIpc) is 2.35. The number of carbonyl (C=O) groups excluding carboxylic acids is 9. The summed E-state index contributed by atoms with van der Waals surface area (Å²) in [5.41, 5.74) is -4.98. The van der Waals surface area contributed by atoms with Gasteiger partial charge >= 0.3 is 35.9 Å². The molecule has 4 rings (SSSR count). The minimum absolute atomic E-state index is 0.0187. The largest absolute Gasteiger partial charge is 0.458 e. The molecule has 84 heavy (non-hydrogen) atoms. The monoisotopic (exact) mass is 1190 g/mol. The van der Waals surface area contributed by atoms with Crippen molar-refractivity contribution in [3.63, 3.8) is 0 Å². The van der Waals surface area contributed by atoms with Crippen molar-refractivity contribution in [3.05, 3.63) is 47.5 Å². The first-order chi connectivity index (χ1) is 39.0. The van der Waals surface area contributed by atoms with Crippen LogP contribution in [0.2, 0.25) is 0 Å². The zero-order valence-corrected chi connectivity index (χ0v) is 52.0. The van der Waals surface area contributed by atoms with Gasteiger partial charge in [-0.15, -0.1) is 0 Å². The highest BCUT2D eigenvalue weighted by Crippen LogP contribution is 2.43. The molecule has 1 aromatic rings. The molecule has 1 saturated carbocycles. The number of hydrogen-bond donors (Lipinski definition) is 0. The minimum atomic E-state index is -2.09. The highest BCUT2D eigenvalue weighted by atomic mass is 19.1. The van der Waals surface area contributed by atoms with E-state index < -0.39 is 132 Å². The number of esters is 5. The first-order valence-electron chi connectivity index (χ1n) is 29.0. The third kappa shape index (κ3) is 21.7. The Morgan fingerprint density at radius 2 is 1.15 bits per heavy atom. The lowest BCUT2D eigenvalue weighted by Gasteiger charge is -2.35. The summed E-state index contributed by atoms with van der Waals surface area (Å²) in [7, 11) is 5.11. The Labute approximate surface area is 494 Å². The summed E-state index contributed by atoms with van der Waals surface area (Å²) >= 11 is 0. The van der Waals surface area contributed by atoms with Crippen molar-refractivity contribution in [2.45, 2.75) is 218 Å². The molecule has 23 heteroatoms. The lowest BCUT2D eigenvalue weighted by Crippen LogP contribution is -2.54. The lowest BCUT2D eigenvalue weighted by molar-refractivity contribution is -0.176. The van der Waals surface area contributed by atoms with Crippen LogP contribution in [0.1, 0.15) is 152 Å². The van der Waals surface area contributed by atoms with E-state index in [0.717, 1.165) is 25.2 Å². The second-order valence-electron chi connectivity index (χ2n) is 25.0. The summed E-state index contributed by atoms with van der Waals surface area (Å²) in [6.45, 7) is 17.3. The van der Waals surface area contributed by atoms with Crippen LogP contribution in [0.3, 0.4) is 0 Å². The van der Waals surface area contributed by atoms with Crippen molar-refractivity contribution in [1.29, 1.82) is 0 Å². The maximum atomic E-state index is 15.7. The van der Waals surface area contributed by atoms with Crippen molar-refractivity contribution in [3.8, 4) is 0 Å². The Bertz CT molecular complexity index is 2460. The number of hydrogen-bond acceptors (Lipinski definition) is 17. The van der Waals surface area contributed by atoms with E-state index in [4.69, 9.17) is 37.9 Å². The fourth-order valence-electron chi connectivity index (χ4n) is 9.80. The van der Waals surface area contributed by atoms with E-state index in [1.165, 1.54) is 69.7 Å². The van der Waals surface area contributed by atoms with Crippen LogP contribution in [0.4, 0.5) is 13.6 Å². The fraction of sp³-hybridized carbons (Fsp3) is 0.721. The smallest absolute Gasteiger partial charge is 0.410 e. The number of halogens is 2. The summed E-state index contributed by atoms with van der Waals surface area (Å²) < 4.78 is 76.4. The Balaban J connectivity index is 1.56. The normalized spacial score (nSPS) is 18.0. The van der Waals surface area contributed by atoms with Crippen LogP contribution in [-0.4, -0.2) is 193 Å².